The monoisotopic (exact) mass is 370 g/mol. The van der Waals surface area contributed by atoms with Crippen molar-refractivity contribution in [1.82, 2.24) is 4.90 Å². The van der Waals surface area contributed by atoms with Gasteiger partial charge in [0, 0.05) is 17.2 Å². The molecule has 2 bridgehead atoms. The summed E-state index contributed by atoms with van der Waals surface area (Å²) >= 11 is 1.54. The zero-order chi connectivity index (χ0) is 17.1. The summed E-state index contributed by atoms with van der Waals surface area (Å²) in [5.41, 5.74) is 0. The molecule has 2 aliphatic heterocycles. The fourth-order valence-corrected chi connectivity index (χ4v) is 8.89. The van der Waals surface area contributed by atoms with E-state index in [1.807, 2.05) is 13.8 Å². The van der Waals surface area contributed by atoms with Crippen molar-refractivity contribution in [3.8, 4) is 0 Å². The first kappa shape index (κ1) is 16.9. The van der Waals surface area contributed by atoms with E-state index in [1.165, 1.54) is 31.0 Å². The molecular weight excluding hydrogens is 344 g/mol. The zero-order valence-corrected chi connectivity index (χ0v) is 16.0. The number of hydrogen-bond donors (Lipinski definition) is 0. The number of hydrogen-bond acceptors (Lipinski definition) is 4. The minimum absolute atomic E-state index is 0.0211. The van der Waals surface area contributed by atoms with E-state index in [9.17, 15) is 13.2 Å². The number of carbonyl (C=O) groups is 1. The molecule has 0 unspecified atom stereocenters. The van der Waals surface area contributed by atoms with E-state index in [2.05, 4.69) is 9.89 Å². The maximum atomic E-state index is 12.4. The molecule has 7 heteroatoms. The van der Waals surface area contributed by atoms with Gasteiger partial charge in [0.1, 0.15) is 0 Å². The molecular formula is C17H26N2O3S2. The fraction of sp³-hybridized carbons (Fsp3) is 0.882. The van der Waals surface area contributed by atoms with Crippen molar-refractivity contribution >= 4 is 32.7 Å². The SMILES string of the molecule is CC[C@H](C)C(=O)N=C1S[C@@H]2CS(=O)(=O)C[C@@H]2N1[C@@H]1C[C@H]2CC[C@H]1C2. The van der Waals surface area contributed by atoms with Crippen LogP contribution in [0.2, 0.25) is 0 Å². The van der Waals surface area contributed by atoms with Gasteiger partial charge in [0.2, 0.25) is 0 Å². The molecule has 0 aromatic carbocycles. The summed E-state index contributed by atoms with van der Waals surface area (Å²) in [4.78, 5) is 19.1. The van der Waals surface area contributed by atoms with Crippen LogP contribution in [0.1, 0.15) is 46.0 Å². The van der Waals surface area contributed by atoms with Crippen molar-refractivity contribution in [1.29, 1.82) is 0 Å². The van der Waals surface area contributed by atoms with Gasteiger partial charge < -0.3 is 4.90 Å². The number of rotatable bonds is 3. The second kappa shape index (κ2) is 6.01. The standard InChI is InChI=1S/C17H26N2O3S2/c1-3-10(2)16(20)18-17-19(13-7-11-4-5-12(13)6-11)14-8-24(21,22)9-15(14)23-17/h10-15H,3-9H2,1-2H3/t10-,11-,12-,13+,14-,15+/m0/s1. The maximum Gasteiger partial charge on any atom is 0.250 e. The van der Waals surface area contributed by atoms with Gasteiger partial charge in [-0.15, -0.1) is 0 Å². The van der Waals surface area contributed by atoms with Crippen molar-refractivity contribution in [3.05, 3.63) is 0 Å². The highest BCUT2D eigenvalue weighted by Gasteiger charge is 2.54. The molecule has 4 aliphatic rings. The Morgan fingerprint density at radius 2 is 2.08 bits per heavy atom. The number of nitrogens with zero attached hydrogens (tertiary/aromatic N) is 2. The lowest BCUT2D eigenvalue weighted by atomic mass is 9.93. The average Bonchev–Trinajstić information content (AvgIpc) is 3.25. The lowest BCUT2D eigenvalue weighted by molar-refractivity contribution is -0.121. The number of amides is 1. The molecule has 0 N–H and O–H groups in total. The number of sulfone groups is 1. The van der Waals surface area contributed by atoms with Crippen LogP contribution >= 0.6 is 11.8 Å². The molecule has 1 amide bonds. The van der Waals surface area contributed by atoms with E-state index < -0.39 is 9.84 Å². The Balaban J connectivity index is 1.64. The molecule has 6 atom stereocenters. The first-order chi connectivity index (χ1) is 11.4. The number of carbonyl (C=O) groups excluding carboxylic acids is 1. The molecule has 24 heavy (non-hydrogen) atoms. The van der Waals surface area contributed by atoms with Gasteiger partial charge >= 0.3 is 0 Å². The van der Waals surface area contributed by atoms with Crippen LogP contribution in [0, 0.1) is 17.8 Å². The Labute approximate surface area is 148 Å². The van der Waals surface area contributed by atoms with Crippen LogP contribution in [0.15, 0.2) is 4.99 Å². The summed E-state index contributed by atoms with van der Waals surface area (Å²) in [7, 11) is -2.96. The number of aliphatic imine (C=N–C) groups is 1. The first-order valence-electron chi connectivity index (χ1n) is 9.16. The predicted octanol–water partition coefficient (Wildman–Crippen LogP) is 2.32. The molecule has 0 spiro atoms. The number of thioether (sulfide) groups is 1. The topological polar surface area (TPSA) is 66.8 Å². The summed E-state index contributed by atoms with van der Waals surface area (Å²) < 4.78 is 24.2. The van der Waals surface area contributed by atoms with E-state index >= 15 is 0 Å². The van der Waals surface area contributed by atoms with E-state index in [4.69, 9.17) is 0 Å². The number of fused-ring (bicyclic) bond motifs is 3. The molecule has 134 valence electrons. The van der Waals surface area contributed by atoms with Gasteiger partial charge in [0.05, 0.1) is 17.5 Å². The lowest BCUT2D eigenvalue weighted by Crippen LogP contribution is -2.47. The first-order valence-corrected chi connectivity index (χ1v) is 11.9. The van der Waals surface area contributed by atoms with Crippen molar-refractivity contribution in [2.75, 3.05) is 11.5 Å². The summed E-state index contributed by atoms with van der Waals surface area (Å²) in [6, 6.07) is 0.413. The third-order valence-corrected chi connectivity index (χ3v) is 9.63. The smallest absolute Gasteiger partial charge is 0.250 e. The molecule has 2 saturated heterocycles. The Morgan fingerprint density at radius 3 is 2.71 bits per heavy atom. The second-order valence-corrected chi connectivity index (χ2v) is 11.4. The van der Waals surface area contributed by atoms with Gasteiger partial charge in [-0.1, -0.05) is 32.0 Å². The third-order valence-electron chi connectivity index (χ3n) is 6.40. The third kappa shape index (κ3) is 2.81. The normalized spacial score (nSPS) is 42.7. The number of amidine groups is 1. The minimum Gasteiger partial charge on any atom is -0.343 e. The average molecular weight is 371 g/mol. The molecule has 0 radical (unpaired) electrons. The summed E-state index contributed by atoms with van der Waals surface area (Å²) in [6.45, 7) is 3.92. The largest absolute Gasteiger partial charge is 0.343 e. The van der Waals surface area contributed by atoms with E-state index in [-0.39, 0.29) is 34.6 Å². The molecule has 2 saturated carbocycles. The highest BCUT2D eigenvalue weighted by Crippen LogP contribution is 2.51. The van der Waals surface area contributed by atoms with E-state index in [0.29, 0.717) is 12.0 Å². The van der Waals surface area contributed by atoms with Crippen molar-refractivity contribution in [3.63, 3.8) is 0 Å². The van der Waals surface area contributed by atoms with Gasteiger partial charge in [-0.05, 0) is 37.5 Å². The van der Waals surface area contributed by atoms with Crippen molar-refractivity contribution in [2.45, 2.75) is 63.3 Å². The van der Waals surface area contributed by atoms with Crippen LogP contribution in [0.5, 0.6) is 0 Å². The van der Waals surface area contributed by atoms with Gasteiger partial charge in [-0.2, -0.15) is 4.99 Å². The van der Waals surface area contributed by atoms with Gasteiger partial charge in [-0.25, -0.2) is 8.42 Å². The van der Waals surface area contributed by atoms with Gasteiger partial charge in [0.25, 0.3) is 5.91 Å². The molecule has 0 aromatic rings. The van der Waals surface area contributed by atoms with Crippen LogP contribution in [-0.4, -0.2) is 53.2 Å². The molecule has 2 aliphatic carbocycles. The van der Waals surface area contributed by atoms with E-state index in [0.717, 1.165) is 23.9 Å². The van der Waals surface area contributed by atoms with Crippen LogP contribution in [0.25, 0.3) is 0 Å². The predicted molar refractivity (Wildman–Crippen MR) is 96.8 cm³/mol. The Morgan fingerprint density at radius 1 is 1.29 bits per heavy atom. The second-order valence-electron chi connectivity index (χ2n) is 7.99. The zero-order valence-electron chi connectivity index (χ0n) is 14.3. The van der Waals surface area contributed by atoms with Crippen molar-refractivity contribution < 1.29 is 13.2 Å². The molecule has 4 rings (SSSR count). The molecule has 5 nitrogen and oxygen atoms in total. The lowest BCUT2D eigenvalue weighted by Gasteiger charge is -2.36. The highest BCUT2D eigenvalue weighted by atomic mass is 32.2. The molecule has 4 fully saturated rings. The Hall–Kier alpha value is -0.560. The maximum absolute atomic E-state index is 12.4. The summed E-state index contributed by atoms with van der Waals surface area (Å²) in [5.74, 6) is 1.78. The van der Waals surface area contributed by atoms with E-state index in [1.54, 1.807) is 0 Å². The Bertz CT molecular complexity index is 675. The quantitative estimate of drug-likeness (QED) is 0.763. The van der Waals surface area contributed by atoms with Crippen LogP contribution in [0.4, 0.5) is 0 Å². The summed E-state index contributed by atoms with van der Waals surface area (Å²) in [6.07, 6.45) is 5.75. The van der Waals surface area contributed by atoms with Crippen LogP contribution in [0.3, 0.4) is 0 Å². The summed E-state index contributed by atoms with van der Waals surface area (Å²) in [5, 5.41) is 0.861. The van der Waals surface area contributed by atoms with Gasteiger partial charge in [-0.3, -0.25) is 4.79 Å². The highest BCUT2D eigenvalue weighted by molar-refractivity contribution is 8.15. The molecule has 2 heterocycles. The van der Waals surface area contributed by atoms with Crippen LogP contribution < -0.4 is 0 Å². The minimum atomic E-state index is -2.96. The van der Waals surface area contributed by atoms with Crippen LogP contribution in [-0.2, 0) is 14.6 Å². The Kier molecular flexibility index (Phi) is 4.23. The molecule has 0 aromatic heterocycles. The van der Waals surface area contributed by atoms with Crippen molar-refractivity contribution in [2.24, 2.45) is 22.7 Å². The fourth-order valence-electron chi connectivity index (χ4n) is 4.91. The van der Waals surface area contributed by atoms with Gasteiger partial charge in [0.15, 0.2) is 15.0 Å².